The molecule has 0 saturated carbocycles. The van der Waals surface area contributed by atoms with Crippen LogP contribution in [0.15, 0.2) is 76.2 Å². The highest BCUT2D eigenvalue weighted by Gasteiger charge is 2.23. The summed E-state index contributed by atoms with van der Waals surface area (Å²) >= 11 is 0. The summed E-state index contributed by atoms with van der Waals surface area (Å²) in [7, 11) is -0.558. The summed E-state index contributed by atoms with van der Waals surface area (Å²) in [5.74, 6) is 0.454. The molecule has 0 N–H and O–H groups in total. The highest BCUT2D eigenvalue weighted by molar-refractivity contribution is 7.92. The second kappa shape index (κ2) is 7.90. The van der Waals surface area contributed by atoms with Gasteiger partial charge in [-0.05, 0) is 48.9 Å². The van der Waals surface area contributed by atoms with Gasteiger partial charge in [-0.1, -0.05) is 24.3 Å². The normalized spacial score (nSPS) is 11.2. The summed E-state index contributed by atoms with van der Waals surface area (Å²) in [6, 6.07) is 16.8. The molecule has 1 amide bonds. The van der Waals surface area contributed by atoms with E-state index in [4.69, 9.17) is 4.42 Å². The number of amides is 1. The Morgan fingerprint density at radius 2 is 1.71 bits per heavy atom. The van der Waals surface area contributed by atoms with Crippen LogP contribution in [0, 0.1) is 6.92 Å². The molecule has 0 aliphatic heterocycles. The SMILES string of the molecule is Cc1ccc(C(=O)N(C)Cc2ccco2)cc1N(C)S(=O)(=O)c1ccccc1. The molecular weight excluding hydrogens is 376 g/mol. The van der Waals surface area contributed by atoms with Crippen molar-refractivity contribution in [3.05, 3.63) is 83.8 Å². The van der Waals surface area contributed by atoms with Crippen LogP contribution in [-0.4, -0.2) is 33.3 Å². The van der Waals surface area contributed by atoms with E-state index in [2.05, 4.69) is 0 Å². The maximum Gasteiger partial charge on any atom is 0.264 e. The van der Waals surface area contributed by atoms with E-state index in [0.29, 0.717) is 23.6 Å². The van der Waals surface area contributed by atoms with Gasteiger partial charge in [0.25, 0.3) is 15.9 Å². The fourth-order valence-electron chi connectivity index (χ4n) is 2.89. The molecule has 2 aromatic carbocycles. The van der Waals surface area contributed by atoms with Crippen LogP contribution in [0.2, 0.25) is 0 Å². The van der Waals surface area contributed by atoms with E-state index in [1.807, 2.05) is 6.92 Å². The fourth-order valence-corrected chi connectivity index (χ4v) is 4.16. The van der Waals surface area contributed by atoms with Gasteiger partial charge in [0.05, 0.1) is 23.4 Å². The lowest BCUT2D eigenvalue weighted by molar-refractivity contribution is 0.0775. The molecule has 0 spiro atoms. The molecule has 0 aliphatic rings. The van der Waals surface area contributed by atoms with Crippen LogP contribution >= 0.6 is 0 Å². The molecule has 0 atom stereocenters. The second-order valence-corrected chi connectivity index (χ2v) is 8.50. The van der Waals surface area contributed by atoms with Gasteiger partial charge in [0.1, 0.15) is 5.76 Å². The Morgan fingerprint density at radius 1 is 1.00 bits per heavy atom. The zero-order chi connectivity index (χ0) is 20.3. The average Bonchev–Trinajstić information content (AvgIpc) is 3.21. The van der Waals surface area contributed by atoms with Gasteiger partial charge in [-0.25, -0.2) is 8.42 Å². The number of nitrogens with zero attached hydrogens (tertiary/aromatic N) is 2. The number of benzene rings is 2. The maximum absolute atomic E-state index is 12.9. The number of rotatable bonds is 6. The molecule has 1 heterocycles. The minimum atomic E-state index is -3.72. The Balaban J connectivity index is 1.90. The smallest absolute Gasteiger partial charge is 0.264 e. The van der Waals surface area contributed by atoms with Crippen LogP contribution < -0.4 is 4.31 Å². The van der Waals surface area contributed by atoms with Crippen LogP contribution in [0.1, 0.15) is 21.7 Å². The van der Waals surface area contributed by atoms with Gasteiger partial charge in [-0.3, -0.25) is 9.10 Å². The Hall–Kier alpha value is -3.06. The van der Waals surface area contributed by atoms with Gasteiger partial charge >= 0.3 is 0 Å². The van der Waals surface area contributed by atoms with Crippen LogP contribution in [-0.2, 0) is 16.6 Å². The molecule has 0 bridgehead atoms. The molecule has 0 saturated heterocycles. The van der Waals surface area contributed by atoms with Crippen molar-refractivity contribution in [2.24, 2.45) is 0 Å². The van der Waals surface area contributed by atoms with Crippen LogP contribution in [0.4, 0.5) is 5.69 Å². The Kier molecular flexibility index (Phi) is 5.56. The number of anilines is 1. The largest absolute Gasteiger partial charge is 0.467 e. The van der Waals surface area contributed by atoms with E-state index in [0.717, 1.165) is 5.56 Å². The quantitative estimate of drug-likeness (QED) is 0.635. The number of hydrogen-bond donors (Lipinski definition) is 0. The molecule has 0 fully saturated rings. The van der Waals surface area contributed by atoms with Crippen molar-refractivity contribution < 1.29 is 17.6 Å². The minimum Gasteiger partial charge on any atom is -0.467 e. The number of aryl methyl sites for hydroxylation is 1. The van der Waals surface area contributed by atoms with Gasteiger partial charge in [-0.2, -0.15) is 0 Å². The zero-order valence-electron chi connectivity index (χ0n) is 16.0. The Bertz CT molecular complexity index is 1060. The average molecular weight is 398 g/mol. The summed E-state index contributed by atoms with van der Waals surface area (Å²) in [5.41, 5.74) is 1.62. The topological polar surface area (TPSA) is 70.8 Å². The molecule has 1 aromatic heterocycles. The van der Waals surface area contributed by atoms with Gasteiger partial charge in [0.2, 0.25) is 0 Å². The number of carbonyl (C=O) groups excluding carboxylic acids is 1. The van der Waals surface area contributed by atoms with Crippen molar-refractivity contribution in [3.8, 4) is 0 Å². The second-order valence-electron chi connectivity index (χ2n) is 6.53. The van der Waals surface area contributed by atoms with Crippen LogP contribution in [0.5, 0.6) is 0 Å². The van der Waals surface area contributed by atoms with Gasteiger partial charge in [-0.15, -0.1) is 0 Å². The minimum absolute atomic E-state index is 0.198. The Labute approximate surface area is 165 Å². The molecule has 6 nitrogen and oxygen atoms in total. The number of furan rings is 1. The van der Waals surface area contributed by atoms with E-state index in [1.54, 1.807) is 74.0 Å². The monoisotopic (exact) mass is 398 g/mol. The van der Waals surface area contributed by atoms with Gasteiger partial charge in [0, 0.05) is 19.7 Å². The first kappa shape index (κ1) is 19.7. The van der Waals surface area contributed by atoms with Crippen molar-refractivity contribution in [3.63, 3.8) is 0 Å². The highest BCUT2D eigenvalue weighted by Crippen LogP contribution is 2.27. The van der Waals surface area contributed by atoms with Gasteiger partial charge in [0.15, 0.2) is 0 Å². The standard InChI is InChI=1S/C21H22N2O4S/c1-16-11-12-17(21(24)22(2)15-18-8-7-13-27-18)14-20(16)23(3)28(25,26)19-9-5-4-6-10-19/h4-14H,15H2,1-3H3. The summed E-state index contributed by atoms with van der Waals surface area (Å²) in [6.07, 6.45) is 1.56. The van der Waals surface area contributed by atoms with E-state index >= 15 is 0 Å². The number of hydrogen-bond acceptors (Lipinski definition) is 4. The summed E-state index contributed by atoms with van der Waals surface area (Å²) < 4.78 is 32.4. The maximum atomic E-state index is 12.9. The number of carbonyl (C=O) groups is 1. The first-order chi connectivity index (χ1) is 13.3. The molecular formula is C21H22N2O4S. The molecule has 146 valence electrons. The van der Waals surface area contributed by atoms with Crippen molar-refractivity contribution in [1.82, 2.24) is 4.90 Å². The molecule has 0 unspecified atom stereocenters. The third kappa shape index (κ3) is 3.94. The third-order valence-electron chi connectivity index (χ3n) is 4.52. The Morgan fingerprint density at radius 3 is 2.36 bits per heavy atom. The predicted octanol–water partition coefficient (Wildman–Crippen LogP) is 3.69. The predicted molar refractivity (Wildman–Crippen MR) is 108 cm³/mol. The zero-order valence-corrected chi connectivity index (χ0v) is 16.8. The molecule has 0 aliphatic carbocycles. The fraction of sp³-hybridized carbons (Fsp3) is 0.190. The lowest BCUT2D eigenvalue weighted by atomic mass is 10.1. The van der Waals surface area contributed by atoms with Crippen LogP contribution in [0.3, 0.4) is 0 Å². The first-order valence-electron chi connectivity index (χ1n) is 8.73. The third-order valence-corrected chi connectivity index (χ3v) is 6.30. The van der Waals surface area contributed by atoms with Crippen molar-refractivity contribution >= 4 is 21.6 Å². The van der Waals surface area contributed by atoms with Gasteiger partial charge < -0.3 is 9.32 Å². The van der Waals surface area contributed by atoms with Crippen molar-refractivity contribution in [2.45, 2.75) is 18.4 Å². The van der Waals surface area contributed by atoms with E-state index in [9.17, 15) is 13.2 Å². The van der Waals surface area contributed by atoms with E-state index in [-0.39, 0.29) is 10.8 Å². The van der Waals surface area contributed by atoms with E-state index < -0.39 is 10.0 Å². The first-order valence-corrected chi connectivity index (χ1v) is 10.2. The summed E-state index contributed by atoms with van der Waals surface area (Å²) in [4.78, 5) is 14.5. The lowest BCUT2D eigenvalue weighted by Gasteiger charge is -2.23. The summed E-state index contributed by atoms with van der Waals surface area (Å²) in [5, 5.41) is 0. The molecule has 0 radical (unpaired) electrons. The van der Waals surface area contributed by atoms with Crippen molar-refractivity contribution in [1.29, 1.82) is 0 Å². The summed E-state index contributed by atoms with van der Waals surface area (Å²) in [6.45, 7) is 2.14. The molecule has 3 rings (SSSR count). The lowest BCUT2D eigenvalue weighted by Crippen LogP contribution is -2.29. The number of sulfonamides is 1. The molecule has 28 heavy (non-hydrogen) atoms. The van der Waals surface area contributed by atoms with E-state index in [1.165, 1.54) is 16.3 Å². The molecule has 3 aromatic rings. The van der Waals surface area contributed by atoms with Crippen LogP contribution in [0.25, 0.3) is 0 Å². The van der Waals surface area contributed by atoms with Crippen molar-refractivity contribution in [2.75, 3.05) is 18.4 Å². The molecule has 7 heteroatoms. The highest BCUT2D eigenvalue weighted by atomic mass is 32.2.